The molecule has 0 bridgehead atoms. The van der Waals surface area contributed by atoms with Gasteiger partial charge >= 0.3 is 0 Å². The molecule has 3 rings (SSSR count). The van der Waals surface area contributed by atoms with E-state index in [0.29, 0.717) is 16.4 Å². The van der Waals surface area contributed by atoms with Crippen molar-refractivity contribution in [3.8, 4) is 11.5 Å². The average Bonchev–Trinajstić information content (AvgIpc) is 3.01. The highest BCUT2D eigenvalue weighted by molar-refractivity contribution is 9.10. The van der Waals surface area contributed by atoms with Gasteiger partial charge < -0.3 is 20.1 Å². The van der Waals surface area contributed by atoms with Gasteiger partial charge in [-0.1, -0.05) is 30.8 Å². The summed E-state index contributed by atoms with van der Waals surface area (Å²) in [6.07, 6.45) is 2.83. The SMILES string of the molecule is CCc1ccc(N[C@H]2NC(=O)/C(=C/c3cc(Br)c(OC)cc3OC)S2)cc1. The first-order chi connectivity index (χ1) is 13.0. The lowest BCUT2D eigenvalue weighted by Crippen LogP contribution is -2.30. The molecule has 1 atom stereocenters. The van der Waals surface area contributed by atoms with Crippen molar-refractivity contribution in [1.82, 2.24) is 5.32 Å². The number of carbonyl (C=O) groups excluding carboxylic acids is 1. The molecule has 0 aromatic heterocycles. The minimum absolute atomic E-state index is 0.114. The molecule has 1 heterocycles. The van der Waals surface area contributed by atoms with Crippen LogP contribution in [0.2, 0.25) is 0 Å². The summed E-state index contributed by atoms with van der Waals surface area (Å²) in [5.74, 6) is 1.20. The number of methoxy groups -OCH3 is 2. The number of thioether (sulfide) groups is 1. The number of hydrogen-bond donors (Lipinski definition) is 2. The van der Waals surface area contributed by atoms with E-state index >= 15 is 0 Å². The van der Waals surface area contributed by atoms with Crippen LogP contribution in [-0.2, 0) is 11.2 Å². The van der Waals surface area contributed by atoms with E-state index in [1.807, 2.05) is 24.3 Å². The first kappa shape index (κ1) is 19.6. The largest absolute Gasteiger partial charge is 0.496 e. The third kappa shape index (κ3) is 4.59. The van der Waals surface area contributed by atoms with Crippen LogP contribution < -0.4 is 20.1 Å². The Bertz CT molecular complexity index is 868. The number of aryl methyl sites for hydroxylation is 1. The first-order valence-electron chi connectivity index (χ1n) is 8.50. The van der Waals surface area contributed by atoms with Gasteiger partial charge in [0, 0.05) is 17.3 Å². The smallest absolute Gasteiger partial charge is 0.260 e. The number of halogens is 1. The Labute approximate surface area is 171 Å². The molecule has 1 amide bonds. The minimum Gasteiger partial charge on any atom is -0.496 e. The molecule has 2 aromatic carbocycles. The molecule has 7 heteroatoms. The lowest BCUT2D eigenvalue weighted by atomic mass is 10.1. The number of carbonyl (C=O) groups is 1. The van der Waals surface area contributed by atoms with Crippen molar-refractivity contribution in [2.24, 2.45) is 0 Å². The summed E-state index contributed by atoms with van der Waals surface area (Å²) in [5, 5.41) is 6.27. The van der Waals surface area contributed by atoms with Crippen LogP contribution in [0.5, 0.6) is 11.5 Å². The van der Waals surface area contributed by atoms with E-state index in [2.05, 4.69) is 45.6 Å². The van der Waals surface area contributed by atoms with Crippen LogP contribution in [0.25, 0.3) is 6.08 Å². The van der Waals surface area contributed by atoms with E-state index in [9.17, 15) is 4.79 Å². The number of amides is 1. The van der Waals surface area contributed by atoms with Crippen molar-refractivity contribution >= 4 is 45.4 Å². The molecule has 2 aromatic rings. The van der Waals surface area contributed by atoms with E-state index in [0.717, 1.165) is 22.1 Å². The Morgan fingerprint density at radius 3 is 2.52 bits per heavy atom. The molecular formula is C20H21BrN2O3S. The zero-order valence-electron chi connectivity index (χ0n) is 15.3. The highest BCUT2D eigenvalue weighted by Crippen LogP contribution is 2.37. The maximum atomic E-state index is 12.4. The summed E-state index contributed by atoms with van der Waals surface area (Å²) in [6.45, 7) is 2.12. The number of rotatable bonds is 6. The van der Waals surface area contributed by atoms with Crippen molar-refractivity contribution in [2.45, 2.75) is 18.8 Å². The van der Waals surface area contributed by atoms with Gasteiger partial charge in [-0.25, -0.2) is 0 Å². The fourth-order valence-corrected chi connectivity index (χ4v) is 4.19. The van der Waals surface area contributed by atoms with Gasteiger partial charge in [-0.15, -0.1) is 0 Å². The average molecular weight is 449 g/mol. The van der Waals surface area contributed by atoms with Crippen LogP contribution in [0.3, 0.4) is 0 Å². The molecule has 5 nitrogen and oxygen atoms in total. The van der Waals surface area contributed by atoms with Crippen LogP contribution in [0.4, 0.5) is 5.69 Å². The molecule has 0 aliphatic carbocycles. The lowest BCUT2D eigenvalue weighted by Gasteiger charge is -2.13. The number of benzene rings is 2. The van der Waals surface area contributed by atoms with Crippen LogP contribution >= 0.6 is 27.7 Å². The van der Waals surface area contributed by atoms with Crippen molar-refractivity contribution in [2.75, 3.05) is 19.5 Å². The second kappa shape index (κ2) is 8.71. The maximum Gasteiger partial charge on any atom is 0.260 e. The molecule has 0 spiro atoms. The van der Waals surface area contributed by atoms with Gasteiger partial charge in [0.1, 0.15) is 11.5 Å². The van der Waals surface area contributed by atoms with Crippen molar-refractivity contribution in [3.63, 3.8) is 0 Å². The standard InChI is InChI=1S/C20H21BrN2O3S/c1-4-12-5-7-14(8-6-12)22-20-23-19(24)18(27-20)10-13-9-15(21)17(26-3)11-16(13)25-2/h5-11,20,22H,4H2,1-3H3,(H,23,24)/b18-10-/t20-/m0/s1. The Morgan fingerprint density at radius 2 is 1.89 bits per heavy atom. The van der Waals surface area contributed by atoms with E-state index in [1.54, 1.807) is 20.3 Å². The number of ether oxygens (including phenoxy) is 2. The molecule has 27 heavy (non-hydrogen) atoms. The lowest BCUT2D eigenvalue weighted by molar-refractivity contribution is -0.116. The van der Waals surface area contributed by atoms with E-state index in [-0.39, 0.29) is 11.4 Å². The van der Waals surface area contributed by atoms with Gasteiger partial charge in [-0.3, -0.25) is 4.79 Å². The number of anilines is 1. The monoisotopic (exact) mass is 448 g/mol. The van der Waals surface area contributed by atoms with Gasteiger partial charge in [0.2, 0.25) is 0 Å². The van der Waals surface area contributed by atoms with Crippen LogP contribution in [-0.4, -0.2) is 25.6 Å². The van der Waals surface area contributed by atoms with Gasteiger partial charge in [0.15, 0.2) is 5.50 Å². The molecule has 1 aliphatic heterocycles. The van der Waals surface area contributed by atoms with E-state index in [1.165, 1.54) is 17.3 Å². The highest BCUT2D eigenvalue weighted by atomic mass is 79.9. The molecule has 142 valence electrons. The summed E-state index contributed by atoms with van der Waals surface area (Å²) in [7, 11) is 3.19. The highest BCUT2D eigenvalue weighted by Gasteiger charge is 2.27. The van der Waals surface area contributed by atoms with Crippen LogP contribution in [0.1, 0.15) is 18.1 Å². The molecule has 2 N–H and O–H groups in total. The maximum absolute atomic E-state index is 12.4. The third-order valence-corrected chi connectivity index (χ3v) is 5.83. The zero-order chi connectivity index (χ0) is 19.4. The molecule has 1 aliphatic rings. The number of hydrogen-bond acceptors (Lipinski definition) is 5. The Hall–Kier alpha value is -2.12. The Kier molecular flexibility index (Phi) is 6.34. The predicted molar refractivity (Wildman–Crippen MR) is 114 cm³/mol. The fourth-order valence-electron chi connectivity index (χ4n) is 2.69. The van der Waals surface area contributed by atoms with Crippen molar-refractivity contribution < 1.29 is 14.3 Å². The van der Waals surface area contributed by atoms with Gasteiger partial charge in [0.05, 0.1) is 23.6 Å². The van der Waals surface area contributed by atoms with Crippen molar-refractivity contribution in [1.29, 1.82) is 0 Å². The molecule has 1 saturated heterocycles. The van der Waals surface area contributed by atoms with Gasteiger partial charge in [-0.2, -0.15) is 0 Å². The molecule has 0 saturated carbocycles. The Balaban J connectivity index is 1.77. The summed E-state index contributed by atoms with van der Waals surface area (Å²) >= 11 is 4.91. The predicted octanol–water partition coefficient (Wildman–Crippen LogP) is 4.63. The normalized spacial score (nSPS) is 17.7. The van der Waals surface area contributed by atoms with Crippen molar-refractivity contribution in [3.05, 3.63) is 56.9 Å². The molecule has 0 radical (unpaired) electrons. The van der Waals surface area contributed by atoms with Crippen LogP contribution in [0.15, 0.2) is 45.8 Å². The van der Waals surface area contributed by atoms with Crippen LogP contribution in [0, 0.1) is 0 Å². The second-order valence-corrected chi connectivity index (χ2v) is 7.90. The minimum atomic E-state index is -0.219. The molecular weight excluding hydrogens is 428 g/mol. The zero-order valence-corrected chi connectivity index (χ0v) is 17.7. The van der Waals surface area contributed by atoms with E-state index in [4.69, 9.17) is 9.47 Å². The fraction of sp³-hybridized carbons (Fsp3) is 0.250. The molecule has 1 fully saturated rings. The summed E-state index contributed by atoms with van der Waals surface area (Å²) < 4.78 is 11.5. The summed E-state index contributed by atoms with van der Waals surface area (Å²) in [6, 6.07) is 11.9. The quantitative estimate of drug-likeness (QED) is 0.630. The summed E-state index contributed by atoms with van der Waals surface area (Å²) in [4.78, 5) is 13.0. The third-order valence-electron chi connectivity index (χ3n) is 4.18. The van der Waals surface area contributed by atoms with Gasteiger partial charge in [0.25, 0.3) is 5.91 Å². The first-order valence-corrected chi connectivity index (χ1v) is 10.2. The van der Waals surface area contributed by atoms with E-state index < -0.39 is 0 Å². The second-order valence-electron chi connectivity index (χ2n) is 5.90. The summed E-state index contributed by atoms with van der Waals surface area (Å²) in [5.41, 5.74) is 2.83. The van der Waals surface area contributed by atoms with Gasteiger partial charge in [-0.05, 0) is 52.2 Å². The Morgan fingerprint density at radius 1 is 1.19 bits per heavy atom. The topological polar surface area (TPSA) is 59.6 Å². The molecule has 0 unspecified atom stereocenters. The number of nitrogens with one attached hydrogen (secondary N) is 2.